The standard InChI is InChI=1S/C23H20N.C13H24O2.Ir/c1-14-10-15(2)12-19(11-14)23-22-18(8-9-24-23)13-17(4)21-16(3)6-5-7-20(21)22;1-7-12(3,4)10(14)9-11(15)13(5,6)8-2;/h5-11,13H,1-4H3;9,14H,7-8H2,1-6H3;/q-1;;/b;10-9-;. The summed E-state index contributed by atoms with van der Waals surface area (Å²) >= 11 is 0. The van der Waals surface area contributed by atoms with Crippen molar-refractivity contribution in [2.45, 2.75) is 82.1 Å². The van der Waals surface area contributed by atoms with Gasteiger partial charge in [0.1, 0.15) is 5.76 Å². The molecule has 0 unspecified atom stereocenters. The molecule has 4 heteroatoms. The molecular weight excluding hydrogens is 671 g/mol. The number of nitrogens with zero attached hydrogens (tertiary/aromatic N) is 1. The molecule has 1 radical (unpaired) electrons. The van der Waals surface area contributed by atoms with Gasteiger partial charge in [-0.2, -0.15) is 0 Å². The molecule has 0 saturated heterocycles. The molecule has 215 valence electrons. The number of aromatic nitrogens is 1. The van der Waals surface area contributed by atoms with Gasteiger partial charge in [0.2, 0.25) is 0 Å². The maximum absolute atomic E-state index is 11.8. The van der Waals surface area contributed by atoms with E-state index in [1.165, 1.54) is 44.3 Å². The van der Waals surface area contributed by atoms with Crippen LogP contribution in [0.15, 0.2) is 60.5 Å². The van der Waals surface area contributed by atoms with Crippen molar-refractivity contribution < 1.29 is 30.0 Å². The minimum absolute atomic E-state index is 0. The number of carbonyl (C=O) groups excluding carboxylic acids is 1. The number of hydrogen-bond acceptors (Lipinski definition) is 3. The minimum Gasteiger partial charge on any atom is -0.512 e. The Hall–Kier alpha value is -2.81. The van der Waals surface area contributed by atoms with Crippen molar-refractivity contribution in [1.82, 2.24) is 4.98 Å². The quantitative estimate of drug-likeness (QED) is 0.0937. The van der Waals surface area contributed by atoms with Gasteiger partial charge in [-0.25, -0.2) is 0 Å². The second-order valence-electron chi connectivity index (χ2n) is 12.1. The summed E-state index contributed by atoms with van der Waals surface area (Å²) in [5.74, 6) is 0.195. The summed E-state index contributed by atoms with van der Waals surface area (Å²) in [6.45, 7) is 20.2. The summed E-state index contributed by atoms with van der Waals surface area (Å²) in [6.07, 6.45) is 4.90. The van der Waals surface area contributed by atoms with Crippen LogP contribution in [0.2, 0.25) is 0 Å². The van der Waals surface area contributed by atoms with Crippen LogP contribution in [0, 0.1) is 44.6 Å². The zero-order valence-electron chi connectivity index (χ0n) is 25.7. The zero-order valence-corrected chi connectivity index (χ0v) is 28.1. The monoisotopic (exact) mass is 715 g/mol. The Bertz CT molecular complexity index is 1530. The van der Waals surface area contributed by atoms with Gasteiger partial charge in [0, 0.05) is 43.2 Å². The molecule has 0 fully saturated rings. The van der Waals surface area contributed by atoms with Crippen molar-refractivity contribution in [3.05, 3.63) is 88.8 Å². The number of benzene rings is 3. The smallest absolute Gasteiger partial charge is 0.164 e. The predicted molar refractivity (Wildman–Crippen MR) is 166 cm³/mol. The Morgan fingerprint density at radius 3 is 2.15 bits per heavy atom. The van der Waals surface area contributed by atoms with E-state index < -0.39 is 0 Å². The molecule has 0 spiro atoms. The molecule has 0 bridgehead atoms. The molecule has 1 heterocycles. The average Bonchev–Trinajstić information content (AvgIpc) is 2.88. The van der Waals surface area contributed by atoms with Crippen LogP contribution in [0.5, 0.6) is 0 Å². The molecule has 0 atom stereocenters. The summed E-state index contributed by atoms with van der Waals surface area (Å²) in [4.78, 5) is 16.6. The zero-order chi connectivity index (χ0) is 29.1. The molecule has 0 aliphatic heterocycles. The molecule has 0 aliphatic rings. The molecular formula is C36H44IrNO2-. The van der Waals surface area contributed by atoms with Crippen molar-refractivity contribution in [2.24, 2.45) is 10.8 Å². The van der Waals surface area contributed by atoms with E-state index in [4.69, 9.17) is 4.98 Å². The van der Waals surface area contributed by atoms with Crippen LogP contribution in [0.25, 0.3) is 32.8 Å². The fraction of sp³-hybridized carbons (Fsp3) is 0.389. The van der Waals surface area contributed by atoms with E-state index in [-0.39, 0.29) is 42.5 Å². The number of aliphatic hydroxyl groups is 1. The van der Waals surface area contributed by atoms with Gasteiger partial charge in [0.15, 0.2) is 5.78 Å². The van der Waals surface area contributed by atoms with Crippen molar-refractivity contribution >= 4 is 27.3 Å². The average molecular weight is 715 g/mol. The normalized spacial score (nSPS) is 12.1. The van der Waals surface area contributed by atoms with Crippen molar-refractivity contribution in [3.8, 4) is 11.3 Å². The summed E-state index contributed by atoms with van der Waals surface area (Å²) in [5, 5.41) is 14.9. The van der Waals surface area contributed by atoms with E-state index >= 15 is 0 Å². The predicted octanol–water partition coefficient (Wildman–Crippen LogP) is 9.96. The van der Waals surface area contributed by atoms with E-state index in [1.807, 2.05) is 47.7 Å². The number of aliphatic hydroxyl groups excluding tert-OH is 1. The van der Waals surface area contributed by atoms with Crippen molar-refractivity contribution in [1.29, 1.82) is 0 Å². The second-order valence-corrected chi connectivity index (χ2v) is 12.1. The van der Waals surface area contributed by atoms with Gasteiger partial charge in [0.05, 0.1) is 0 Å². The summed E-state index contributed by atoms with van der Waals surface area (Å²) in [6, 6.07) is 18.7. The first-order chi connectivity index (χ1) is 18.2. The summed E-state index contributed by atoms with van der Waals surface area (Å²) < 4.78 is 0. The first kappa shape index (κ1) is 33.4. The van der Waals surface area contributed by atoms with E-state index in [9.17, 15) is 9.90 Å². The molecule has 3 aromatic carbocycles. The number of allylic oxidation sites excluding steroid dienone is 2. The van der Waals surface area contributed by atoms with Crippen LogP contribution in [-0.4, -0.2) is 15.9 Å². The Labute approximate surface area is 254 Å². The number of fused-ring (bicyclic) bond motifs is 3. The number of pyridine rings is 1. The van der Waals surface area contributed by atoms with E-state index in [1.54, 1.807) is 0 Å². The van der Waals surface area contributed by atoms with Gasteiger partial charge < -0.3 is 10.1 Å². The van der Waals surface area contributed by atoms with Gasteiger partial charge in [0.25, 0.3) is 0 Å². The Morgan fingerprint density at radius 2 is 1.55 bits per heavy atom. The molecule has 1 aromatic heterocycles. The topological polar surface area (TPSA) is 50.2 Å². The molecule has 0 amide bonds. The molecule has 0 aliphatic carbocycles. The van der Waals surface area contributed by atoms with E-state index in [0.717, 1.165) is 29.7 Å². The molecule has 4 aromatic rings. The van der Waals surface area contributed by atoms with E-state index in [0.29, 0.717) is 0 Å². The summed E-state index contributed by atoms with van der Waals surface area (Å²) in [5.41, 5.74) is 6.43. The number of hydrogen-bond donors (Lipinski definition) is 1. The Balaban J connectivity index is 0.000000307. The van der Waals surface area contributed by atoms with Crippen molar-refractivity contribution in [3.63, 3.8) is 0 Å². The van der Waals surface area contributed by atoms with Gasteiger partial charge in [-0.1, -0.05) is 79.7 Å². The van der Waals surface area contributed by atoms with Crippen LogP contribution < -0.4 is 0 Å². The fourth-order valence-corrected chi connectivity index (χ4v) is 4.68. The molecule has 0 saturated carbocycles. The molecule has 40 heavy (non-hydrogen) atoms. The molecule has 4 rings (SSSR count). The Morgan fingerprint density at radius 1 is 0.900 bits per heavy atom. The van der Waals surface area contributed by atoms with Gasteiger partial charge in [-0.05, 0) is 71.1 Å². The largest absolute Gasteiger partial charge is 0.512 e. The first-order valence-corrected chi connectivity index (χ1v) is 14.0. The van der Waals surface area contributed by atoms with Gasteiger partial charge in [-0.15, -0.1) is 34.9 Å². The van der Waals surface area contributed by atoms with E-state index in [2.05, 4.69) is 76.2 Å². The number of carbonyl (C=O) groups is 1. The third-order valence-electron chi connectivity index (χ3n) is 8.09. The maximum atomic E-state index is 11.8. The first-order valence-electron chi connectivity index (χ1n) is 14.0. The third-order valence-corrected chi connectivity index (χ3v) is 8.09. The number of aryl methyl sites for hydroxylation is 4. The van der Waals surface area contributed by atoms with Crippen molar-refractivity contribution in [2.75, 3.05) is 0 Å². The van der Waals surface area contributed by atoms with Crippen LogP contribution >= 0.6 is 0 Å². The van der Waals surface area contributed by atoms with Crippen LogP contribution in [0.4, 0.5) is 0 Å². The second kappa shape index (κ2) is 13.2. The maximum Gasteiger partial charge on any atom is 0.164 e. The third kappa shape index (κ3) is 7.28. The number of ketones is 1. The number of rotatable bonds is 6. The van der Waals surface area contributed by atoms with Crippen LogP contribution in [0.1, 0.15) is 76.6 Å². The minimum atomic E-state index is -0.377. The Kier molecular flexibility index (Phi) is 11.0. The van der Waals surface area contributed by atoms with Crippen LogP contribution in [-0.2, 0) is 24.9 Å². The van der Waals surface area contributed by atoms with Gasteiger partial charge >= 0.3 is 0 Å². The SMILES string of the molecule is CCC(C)(C)C(=O)/C=C(\O)C(C)(C)CC.Cc1[c-]c(-c2nccc3cc(C)c4c(C)cccc4c23)cc(C)c1.[Ir]. The molecule has 3 nitrogen and oxygen atoms in total. The molecule has 1 N–H and O–H groups in total. The fourth-order valence-electron chi connectivity index (χ4n) is 4.68. The summed E-state index contributed by atoms with van der Waals surface area (Å²) in [7, 11) is 0. The van der Waals surface area contributed by atoms with Gasteiger partial charge in [-0.3, -0.25) is 4.79 Å². The van der Waals surface area contributed by atoms with Crippen LogP contribution in [0.3, 0.4) is 0 Å².